The third kappa shape index (κ3) is 4.04. The second-order valence-electron chi connectivity index (χ2n) is 6.86. The first kappa shape index (κ1) is 18.0. The Morgan fingerprint density at radius 2 is 1.69 bits per heavy atom. The Labute approximate surface area is 153 Å². The minimum absolute atomic E-state index is 0.0185. The minimum Gasteiger partial charge on any atom is -0.480 e. The second kappa shape index (κ2) is 8.04. The number of hydrogen-bond donors (Lipinski definition) is 3. The number of anilines is 1. The third-order valence-electron chi connectivity index (χ3n) is 5.08. The van der Waals surface area contributed by atoms with Crippen LogP contribution in [0.25, 0.3) is 11.1 Å². The fourth-order valence-corrected chi connectivity index (χ4v) is 3.65. The minimum atomic E-state index is -0.982. The molecule has 1 atom stereocenters. The number of nitrogen functional groups attached to an aromatic ring is 1. The smallest absolute Gasteiger partial charge is 0.326 e. The van der Waals surface area contributed by atoms with E-state index in [0.29, 0.717) is 11.3 Å². The Kier molecular flexibility index (Phi) is 5.56. The van der Waals surface area contributed by atoms with Crippen LogP contribution in [0, 0.1) is 5.92 Å². The Bertz CT molecular complexity index is 783. The molecule has 1 fully saturated rings. The van der Waals surface area contributed by atoms with E-state index in [1.54, 1.807) is 12.1 Å². The lowest BCUT2D eigenvalue weighted by molar-refractivity contribution is -0.141. The lowest BCUT2D eigenvalue weighted by Crippen LogP contribution is -2.46. The average Bonchev–Trinajstić information content (AvgIpc) is 2.67. The normalized spacial score (nSPS) is 16.0. The molecule has 0 aliphatic heterocycles. The van der Waals surface area contributed by atoms with Crippen LogP contribution in [-0.2, 0) is 4.79 Å². The topological polar surface area (TPSA) is 92.4 Å². The van der Waals surface area contributed by atoms with E-state index in [0.717, 1.165) is 43.2 Å². The number of hydrogen-bond acceptors (Lipinski definition) is 3. The summed E-state index contributed by atoms with van der Waals surface area (Å²) in [7, 11) is 0. The predicted octanol–water partition coefficient (Wildman–Crippen LogP) is 3.70. The van der Waals surface area contributed by atoms with Crippen LogP contribution in [-0.4, -0.2) is 23.0 Å². The Morgan fingerprint density at radius 1 is 1.00 bits per heavy atom. The monoisotopic (exact) mass is 352 g/mol. The molecule has 1 saturated carbocycles. The van der Waals surface area contributed by atoms with Crippen LogP contribution < -0.4 is 11.1 Å². The molecule has 0 heterocycles. The highest BCUT2D eigenvalue weighted by atomic mass is 16.4. The van der Waals surface area contributed by atoms with Crippen molar-refractivity contribution in [1.29, 1.82) is 0 Å². The first-order chi connectivity index (χ1) is 12.6. The first-order valence-electron chi connectivity index (χ1n) is 9.05. The zero-order valence-electron chi connectivity index (χ0n) is 14.7. The van der Waals surface area contributed by atoms with Gasteiger partial charge in [0, 0.05) is 5.69 Å². The average molecular weight is 352 g/mol. The van der Waals surface area contributed by atoms with E-state index < -0.39 is 17.9 Å². The van der Waals surface area contributed by atoms with Gasteiger partial charge < -0.3 is 16.2 Å². The van der Waals surface area contributed by atoms with E-state index >= 15 is 0 Å². The van der Waals surface area contributed by atoms with Crippen molar-refractivity contribution in [2.75, 3.05) is 5.73 Å². The van der Waals surface area contributed by atoms with E-state index in [9.17, 15) is 14.7 Å². The summed E-state index contributed by atoms with van der Waals surface area (Å²) >= 11 is 0. The van der Waals surface area contributed by atoms with Crippen molar-refractivity contribution in [1.82, 2.24) is 5.32 Å². The molecule has 3 rings (SSSR count). The zero-order valence-corrected chi connectivity index (χ0v) is 14.7. The van der Waals surface area contributed by atoms with Crippen molar-refractivity contribution in [2.45, 2.75) is 38.1 Å². The number of carboxylic acids is 1. The summed E-state index contributed by atoms with van der Waals surface area (Å²) in [5.74, 6) is -1.43. The molecule has 26 heavy (non-hydrogen) atoms. The Balaban J connectivity index is 1.77. The molecular weight excluding hydrogens is 328 g/mol. The molecule has 2 aromatic rings. The van der Waals surface area contributed by atoms with Gasteiger partial charge in [0.1, 0.15) is 6.04 Å². The highest BCUT2D eigenvalue weighted by Gasteiger charge is 2.31. The molecule has 2 aromatic carbocycles. The molecule has 1 aliphatic rings. The van der Waals surface area contributed by atoms with Crippen molar-refractivity contribution >= 4 is 17.6 Å². The van der Waals surface area contributed by atoms with Gasteiger partial charge in [-0.1, -0.05) is 55.7 Å². The fraction of sp³-hybridized carbons (Fsp3) is 0.333. The number of carbonyl (C=O) groups is 2. The van der Waals surface area contributed by atoms with E-state index in [1.165, 1.54) is 0 Å². The Hall–Kier alpha value is -2.82. The van der Waals surface area contributed by atoms with Crippen LogP contribution in [0.15, 0.2) is 48.5 Å². The predicted molar refractivity (Wildman–Crippen MR) is 102 cm³/mol. The molecule has 0 spiro atoms. The standard InChI is InChI=1S/C21H24N2O3/c22-18-13-16(14-7-3-1-4-8-14)11-12-17(18)20(24)23-19(21(25)26)15-9-5-2-6-10-15/h1,3-4,7-8,11-13,15,19H,2,5-6,9-10,22H2,(H,23,24)(H,25,26)/t19-/m0/s1. The summed E-state index contributed by atoms with van der Waals surface area (Å²) in [6, 6.07) is 14.1. The number of carboxylic acid groups (broad SMARTS) is 1. The van der Waals surface area contributed by atoms with Gasteiger partial charge in [0.25, 0.3) is 5.91 Å². The zero-order chi connectivity index (χ0) is 18.5. The van der Waals surface area contributed by atoms with Gasteiger partial charge in [0.05, 0.1) is 5.56 Å². The quantitative estimate of drug-likeness (QED) is 0.715. The summed E-state index contributed by atoms with van der Waals surface area (Å²) in [6.07, 6.45) is 4.82. The summed E-state index contributed by atoms with van der Waals surface area (Å²) < 4.78 is 0. The molecule has 5 heteroatoms. The molecule has 0 saturated heterocycles. The van der Waals surface area contributed by atoms with Crippen LogP contribution in [0.5, 0.6) is 0 Å². The highest BCUT2D eigenvalue weighted by Crippen LogP contribution is 2.28. The van der Waals surface area contributed by atoms with Gasteiger partial charge in [-0.25, -0.2) is 4.79 Å². The summed E-state index contributed by atoms with van der Waals surface area (Å²) in [5, 5.41) is 12.2. The van der Waals surface area contributed by atoms with Crippen molar-refractivity contribution in [3.05, 3.63) is 54.1 Å². The van der Waals surface area contributed by atoms with Gasteiger partial charge in [0.15, 0.2) is 0 Å². The van der Waals surface area contributed by atoms with Gasteiger partial charge in [-0.15, -0.1) is 0 Å². The van der Waals surface area contributed by atoms with Crippen molar-refractivity contribution in [3.8, 4) is 11.1 Å². The second-order valence-corrected chi connectivity index (χ2v) is 6.86. The van der Waals surface area contributed by atoms with Crippen LogP contribution in [0.4, 0.5) is 5.69 Å². The maximum absolute atomic E-state index is 12.6. The number of nitrogens with two attached hydrogens (primary N) is 1. The van der Waals surface area contributed by atoms with E-state index in [2.05, 4.69) is 5.32 Å². The highest BCUT2D eigenvalue weighted by molar-refractivity contribution is 6.01. The maximum atomic E-state index is 12.6. The maximum Gasteiger partial charge on any atom is 0.326 e. The number of rotatable bonds is 5. The van der Waals surface area contributed by atoms with Crippen molar-refractivity contribution in [2.24, 2.45) is 5.92 Å². The molecule has 1 aliphatic carbocycles. The number of aliphatic carboxylic acids is 1. The molecule has 4 N–H and O–H groups in total. The number of benzene rings is 2. The number of amides is 1. The largest absolute Gasteiger partial charge is 0.480 e. The summed E-state index contributed by atoms with van der Waals surface area (Å²) in [5.41, 5.74) is 8.67. The van der Waals surface area contributed by atoms with E-state index in [4.69, 9.17) is 5.73 Å². The van der Waals surface area contributed by atoms with Crippen molar-refractivity contribution < 1.29 is 14.7 Å². The van der Waals surface area contributed by atoms with Gasteiger partial charge in [-0.2, -0.15) is 0 Å². The van der Waals surface area contributed by atoms with Crippen LogP contribution in [0.1, 0.15) is 42.5 Å². The Morgan fingerprint density at radius 3 is 2.31 bits per heavy atom. The molecule has 0 radical (unpaired) electrons. The molecular formula is C21H24N2O3. The molecule has 0 aromatic heterocycles. The number of nitrogens with one attached hydrogen (secondary N) is 1. The molecule has 5 nitrogen and oxygen atoms in total. The van der Waals surface area contributed by atoms with Crippen LogP contribution >= 0.6 is 0 Å². The van der Waals surface area contributed by atoms with E-state index in [-0.39, 0.29) is 5.92 Å². The SMILES string of the molecule is Nc1cc(-c2ccccc2)ccc1C(=O)N[C@H](C(=O)O)C1CCCCC1. The molecule has 0 bridgehead atoms. The number of carbonyl (C=O) groups excluding carboxylic acids is 1. The van der Waals surface area contributed by atoms with Gasteiger partial charge in [-0.3, -0.25) is 4.79 Å². The van der Waals surface area contributed by atoms with E-state index in [1.807, 2.05) is 36.4 Å². The fourth-order valence-electron chi connectivity index (χ4n) is 3.65. The van der Waals surface area contributed by atoms with Crippen molar-refractivity contribution in [3.63, 3.8) is 0 Å². The first-order valence-corrected chi connectivity index (χ1v) is 9.05. The van der Waals surface area contributed by atoms with Gasteiger partial charge in [-0.05, 0) is 42.0 Å². The van der Waals surface area contributed by atoms with Crippen LogP contribution in [0.3, 0.4) is 0 Å². The van der Waals surface area contributed by atoms with Crippen LogP contribution in [0.2, 0.25) is 0 Å². The summed E-state index contributed by atoms with van der Waals surface area (Å²) in [4.78, 5) is 24.3. The molecule has 0 unspecified atom stereocenters. The molecule has 136 valence electrons. The third-order valence-corrected chi connectivity index (χ3v) is 5.08. The summed E-state index contributed by atoms with van der Waals surface area (Å²) in [6.45, 7) is 0. The lowest BCUT2D eigenvalue weighted by Gasteiger charge is -2.28. The molecule has 1 amide bonds. The lowest BCUT2D eigenvalue weighted by atomic mass is 9.83. The van der Waals surface area contributed by atoms with Gasteiger partial charge in [0.2, 0.25) is 0 Å². The van der Waals surface area contributed by atoms with Gasteiger partial charge >= 0.3 is 5.97 Å².